The number of rotatable bonds is 8. The van der Waals surface area contributed by atoms with E-state index in [1.165, 1.54) is 0 Å². The van der Waals surface area contributed by atoms with Gasteiger partial charge in [-0.3, -0.25) is 9.48 Å². The number of aryl methyl sites for hydroxylation is 2. The lowest BCUT2D eigenvalue weighted by atomic mass is 10.1. The molecule has 0 saturated carbocycles. The molecule has 0 unspecified atom stereocenters. The van der Waals surface area contributed by atoms with Crippen LogP contribution in [0.1, 0.15) is 29.8 Å². The number of amides is 1. The maximum Gasteiger partial charge on any atom is 0.326 e. The molecule has 1 aromatic rings. The monoisotopic (exact) mass is 313 g/mol. The summed E-state index contributed by atoms with van der Waals surface area (Å²) in [5.74, 6) is -0.504. The molecule has 1 aromatic heterocycles. The third kappa shape index (κ3) is 5.08. The zero-order chi connectivity index (χ0) is 16.0. The van der Waals surface area contributed by atoms with E-state index < -0.39 is 12.0 Å². The topological polar surface area (TPSA) is 84.2 Å². The molecule has 7 heteroatoms. The molecular weight excluding hydrogens is 290 g/mol. The van der Waals surface area contributed by atoms with E-state index in [9.17, 15) is 9.59 Å². The lowest BCUT2D eigenvalue weighted by molar-refractivity contribution is -0.141. The molecule has 0 saturated heterocycles. The molecule has 118 valence electrons. The van der Waals surface area contributed by atoms with Crippen LogP contribution in [0.25, 0.3) is 0 Å². The van der Waals surface area contributed by atoms with Crippen molar-refractivity contribution in [1.29, 1.82) is 0 Å². The third-order valence-electron chi connectivity index (χ3n) is 3.50. The molecule has 2 N–H and O–H groups in total. The van der Waals surface area contributed by atoms with Crippen molar-refractivity contribution in [3.8, 4) is 0 Å². The molecule has 1 rings (SSSR count). The van der Waals surface area contributed by atoms with Crippen molar-refractivity contribution in [3.63, 3.8) is 0 Å². The normalized spacial score (nSPS) is 12.2. The minimum absolute atomic E-state index is 0.230. The Morgan fingerprint density at radius 1 is 1.43 bits per heavy atom. The molecule has 6 nitrogen and oxygen atoms in total. The zero-order valence-corrected chi connectivity index (χ0v) is 13.8. The number of nitrogens with one attached hydrogen (secondary N) is 1. The molecule has 0 aromatic carbocycles. The molecule has 0 aliphatic heterocycles. The maximum atomic E-state index is 11.9. The summed E-state index contributed by atoms with van der Waals surface area (Å²) in [6.07, 6.45) is 3.20. The molecule has 0 radical (unpaired) electrons. The molecule has 0 aliphatic rings. The van der Waals surface area contributed by atoms with Crippen molar-refractivity contribution in [2.24, 2.45) is 7.05 Å². The van der Waals surface area contributed by atoms with E-state index in [1.54, 1.807) is 16.4 Å². The van der Waals surface area contributed by atoms with Gasteiger partial charge in [0.2, 0.25) is 5.91 Å². The van der Waals surface area contributed by atoms with E-state index in [0.717, 1.165) is 17.0 Å². The van der Waals surface area contributed by atoms with Gasteiger partial charge in [0.15, 0.2) is 0 Å². The van der Waals surface area contributed by atoms with Gasteiger partial charge in [-0.15, -0.1) is 0 Å². The van der Waals surface area contributed by atoms with Crippen LogP contribution in [0.3, 0.4) is 0 Å². The van der Waals surface area contributed by atoms with Crippen molar-refractivity contribution in [1.82, 2.24) is 15.1 Å². The first-order valence-corrected chi connectivity index (χ1v) is 8.26. The number of carboxylic acid groups (broad SMARTS) is 1. The first-order chi connectivity index (χ1) is 9.86. The largest absolute Gasteiger partial charge is 0.480 e. The van der Waals surface area contributed by atoms with Gasteiger partial charge in [-0.2, -0.15) is 16.9 Å². The van der Waals surface area contributed by atoms with Gasteiger partial charge >= 0.3 is 5.97 Å². The predicted octanol–water partition coefficient (Wildman–Crippen LogP) is 1.29. The summed E-state index contributed by atoms with van der Waals surface area (Å²) in [7, 11) is 1.87. The van der Waals surface area contributed by atoms with E-state index in [1.807, 2.05) is 27.2 Å². The second kappa shape index (κ2) is 8.07. The van der Waals surface area contributed by atoms with Crippen LogP contribution in [-0.2, 0) is 23.1 Å². The summed E-state index contributed by atoms with van der Waals surface area (Å²) >= 11 is 1.57. The van der Waals surface area contributed by atoms with Crippen LogP contribution in [0.5, 0.6) is 0 Å². The standard InChI is InChI=1S/C14H23N3O3S/c1-9-11(10(2)17(3)16-9)5-6-13(18)15-12(14(19)20)7-8-21-4/h12H,5-8H2,1-4H3,(H,15,18)(H,19,20)/t12-/m1/s1. The summed E-state index contributed by atoms with van der Waals surface area (Å²) in [5.41, 5.74) is 3.01. The van der Waals surface area contributed by atoms with Crippen molar-refractivity contribution in [3.05, 3.63) is 17.0 Å². The van der Waals surface area contributed by atoms with Gasteiger partial charge in [-0.1, -0.05) is 0 Å². The highest BCUT2D eigenvalue weighted by Crippen LogP contribution is 2.14. The SMILES string of the molecule is CSCC[C@@H](NC(=O)CCc1c(C)nn(C)c1C)C(=O)O. The fraction of sp³-hybridized carbons (Fsp3) is 0.643. The zero-order valence-electron chi connectivity index (χ0n) is 13.0. The van der Waals surface area contributed by atoms with Gasteiger partial charge in [0, 0.05) is 19.2 Å². The summed E-state index contributed by atoms with van der Waals surface area (Å²) in [4.78, 5) is 23.0. The van der Waals surface area contributed by atoms with Crippen LogP contribution in [0.15, 0.2) is 0 Å². The van der Waals surface area contributed by atoms with Crippen molar-refractivity contribution >= 4 is 23.6 Å². The number of hydrogen-bond donors (Lipinski definition) is 2. The van der Waals surface area contributed by atoms with Gasteiger partial charge in [0.25, 0.3) is 0 Å². The lowest BCUT2D eigenvalue weighted by Crippen LogP contribution is -2.41. The van der Waals surface area contributed by atoms with Crippen molar-refractivity contribution in [2.45, 2.75) is 39.2 Å². The first kappa shape index (κ1) is 17.6. The number of aliphatic carboxylic acids is 1. The van der Waals surface area contributed by atoms with E-state index in [-0.39, 0.29) is 12.3 Å². The Morgan fingerprint density at radius 2 is 2.10 bits per heavy atom. The van der Waals surface area contributed by atoms with Gasteiger partial charge in [0.05, 0.1) is 5.69 Å². The summed E-state index contributed by atoms with van der Waals surface area (Å²) in [6.45, 7) is 3.88. The Kier molecular flexibility index (Phi) is 6.74. The lowest BCUT2D eigenvalue weighted by Gasteiger charge is -2.13. The highest BCUT2D eigenvalue weighted by molar-refractivity contribution is 7.98. The fourth-order valence-corrected chi connectivity index (χ4v) is 2.65. The molecular formula is C14H23N3O3S. The minimum Gasteiger partial charge on any atom is -0.480 e. The summed E-state index contributed by atoms with van der Waals surface area (Å²) < 4.78 is 1.79. The third-order valence-corrected chi connectivity index (χ3v) is 4.15. The van der Waals surface area contributed by atoms with Crippen molar-refractivity contribution < 1.29 is 14.7 Å². The number of carboxylic acids is 1. The average molecular weight is 313 g/mol. The van der Waals surface area contributed by atoms with Gasteiger partial charge in [-0.05, 0) is 44.3 Å². The van der Waals surface area contributed by atoms with Crippen LogP contribution in [0.2, 0.25) is 0 Å². The first-order valence-electron chi connectivity index (χ1n) is 6.87. The molecule has 0 aliphatic carbocycles. The van der Waals surface area contributed by atoms with Gasteiger partial charge < -0.3 is 10.4 Å². The van der Waals surface area contributed by atoms with Crippen LogP contribution in [0.4, 0.5) is 0 Å². The fourth-order valence-electron chi connectivity index (χ4n) is 2.18. The Hall–Kier alpha value is -1.50. The number of aromatic nitrogens is 2. The second-order valence-corrected chi connectivity index (χ2v) is 6.00. The molecule has 0 bridgehead atoms. The van der Waals surface area contributed by atoms with E-state index in [0.29, 0.717) is 18.6 Å². The molecule has 1 heterocycles. The Balaban J connectivity index is 2.54. The highest BCUT2D eigenvalue weighted by Gasteiger charge is 2.19. The average Bonchev–Trinajstić information content (AvgIpc) is 2.66. The minimum atomic E-state index is -0.980. The Labute approximate surface area is 129 Å². The van der Waals surface area contributed by atoms with E-state index in [4.69, 9.17) is 5.11 Å². The number of carbonyl (C=O) groups excluding carboxylic acids is 1. The number of nitrogens with zero attached hydrogens (tertiary/aromatic N) is 2. The molecule has 1 amide bonds. The summed E-state index contributed by atoms with van der Waals surface area (Å²) in [5, 5.41) is 16.0. The number of carbonyl (C=O) groups is 2. The number of hydrogen-bond acceptors (Lipinski definition) is 4. The molecule has 1 atom stereocenters. The molecule has 21 heavy (non-hydrogen) atoms. The second-order valence-electron chi connectivity index (χ2n) is 5.01. The van der Waals surface area contributed by atoms with Crippen LogP contribution in [0, 0.1) is 13.8 Å². The van der Waals surface area contributed by atoms with Gasteiger partial charge in [-0.25, -0.2) is 4.79 Å². The predicted molar refractivity (Wildman–Crippen MR) is 83.6 cm³/mol. The Morgan fingerprint density at radius 3 is 2.57 bits per heavy atom. The van der Waals surface area contributed by atoms with Crippen molar-refractivity contribution in [2.75, 3.05) is 12.0 Å². The van der Waals surface area contributed by atoms with E-state index in [2.05, 4.69) is 10.4 Å². The van der Waals surface area contributed by atoms with Crippen LogP contribution >= 0.6 is 11.8 Å². The summed E-state index contributed by atoms with van der Waals surface area (Å²) in [6, 6.07) is -0.805. The Bertz CT molecular complexity index is 514. The molecule has 0 spiro atoms. The van der Waals surface area contributed by atoms with Gasteiger partial charge in [0.1, 0.15) is 6.04 Å². The number of thioether (sulfide) groups is 1. The maximum absolute atomic E-state index is 11.9. The quantitative estimate of drug-likeness (QED) is 0.755. The highest BCUT2D eigenvalue weighted by atomic mass is 32.2. The molecule has 0 fully saturated rings. The van der Waals surface area contributed by atoms with Crippen LogP contribution < -0.4 is 5.32 Å². The smallest absolute Gasteiger partial charge is 0.326 e. The van der Waals surface area contributed by atoms with Crippen LogP contribution in [-0.4, -0.2) is 44.8 Å². The van der Waals surface area contributed by atoms with E-state index >= 15 is 0 Å².